The van der Waals surface area contributed by atoms with Gasteiger partial charge < -0.3 is 4.74 Å². The van der Waals surface area contributed by atoms with Crippen LogP contribution in [0.3, 0.4) is 0 Å². The Labute approximate surface area is 86.2 Å². The highest BCUT2D eigenvalue weighted by Crippen LogP contribution is 2.33. The summed E-state index contributed by atoms with van der Waals surface area (Å²) in [5.74, 6) is 0.590. The van der Waals surface area contributed by atoms with E-state index >= 15 is 0 Å². The molecule has 1 rings (SSSR count). The molecule has 0 aromatic heterocycles. The molecule has 0 aliphatic rings. The third-order valence-corrected chi connectivity index (χ3v) is 2.56. The fraction of sp³-hybridized carbons (Fsp3) is 0.222. The van der Waals surface area contributed by atoms with Crippen molar-refractivity contribution in [3.63, 3.8) is 0 Å². The highest BCUT2D eigenvalue weighted by Gasteiger charge is 2.09. The second-order valence-electron chi connectivity index (χ2n) is 2.35. The number of benzene rings is 1. The molecule has 0 bridgehead atoms. The molecule has 0 atom stereocenters. The zero-order chi connectivity index (χ0) is 9.84. The smallest absolute Gasteiger partial charge is 0.153 e. The van der Waals surface area contributed by atoms with E-state index in [2.05, 4.69) is 0 Å². The molecule has 4 heteroatoms. The van der Waals surface area contributed by atoms with Crippen LogP contribution in [0.15, 0.2) is 17.0 Å². The lowest BCUT2D eigenvalue weighted by Crippen LogP contribution is -1.92. The fourth-order valence-electron chi connectivity index (χ4n) is 1.05. The molecular weight excluding hydrogens is 208 g/mol. The van der Waals surface area contributed by atoms with Crippen molar-refractivity contribution in [3.8, 4) is 5.75 Å². The van der Waals surface area contributed by atoms with Crippen molar-refractivity contribution >= 4 is 29.6 Å². The van der Waals surface area contributed by atoms with Crippen LogP contribution in [0.1, 0.15) is 10.4 Å². The number of hydrogen-bond acceptors (Lipinski definition) is 3. The van der Waals surface area contributed by atoms with E-state index in [1.54, 1.807) is 12.1 Å². The van der Waals surface area contributed by atoms with Crippen molar-refractivity contribution in [2.24, 2.45) is 0 Å². The van der Waals surface area contributed by atoms with Gasteiger partial charge in [0.05, 0.1) is 17.6 Å². The molecule has 1 aromatic rings. The number of hydrogen-bond donors (Lipinski definition) is 0. The lowest BCUT2D eigenvalue weighted by Gasteiger charge is -2.08. The third kappa shape index (κ3) is 2.17. The maximum Gasteiger partial charge on any atom is 0.153 e. The first-order chi connectivity index (χ1) is 6.22. The predicted octanol–water partition coefficient (Wildman–Crippen LogP) is 2.88. The lowest BCUT2D eigenvalue weighted by atomic mass is 10.2. The topological polar surface area (TPSA) is 26.3 Å². The van der Waals surface area contributed by atoms with Crippen molar-refractivity contribution < 1.29 is 9.53 Å². The monoisotopic (exact) mass is 216 g/mol. The van der Waals surface area contributed by atoms with Crippen LogP contribution < -0.4 is 4.74 Å². The van der Waals surface area contributed by atoms with Gasteiger partial charge in [0, 0.05) is 5.02 Å². The van der Waals surface area contributed by atoms with E-state index in [4.69, 9.17) is 16.3 Å². The zero-order valence-electron chi connectivity index (χ0n) is 7.33. The summed E-state index contributed by atoms with van der Waals surface area (Å²) in [4.78, 5) is 11.5. The number of thioether (sulfide) groups is 1. The maximum atomic E-state index is 10.7. The molecule has 70 valence electrons. The second kappa shape index (κ2) is 4.53. The first-order valence-electron chi connectivity index (χ1n) is 3.59. The van der Waals surface area contributed by atoms with Crippen LogP contribution in [-0.2, 0) is 0 Å². The van der Waals surface area contributed by atoms with Gasteiger partial charge in [0.1, 0.15) is 5.75 Å². The SMILES string of the molecule is COc1c(C=O)cc(Cl)cc1SC. The quantitative estimate of drug-likeness (QED) is 0.574. The molecule has 0 saturated carbocycles. The molecular formula is C9H9ClO2S. The normalized spacial score (nSPS) is 9.77. The van der Waals surface area contributed by atoms with Gasteiger partial charge in [-0.05, 0) is 18.4 Å². The minimum Gasteiger partial charge on any atom is -0.495 e. The molecule has 0 amide bonds. The Bertz CT molecular complexity index is 326. The average molecular weight is 217 g/mol. The number of methoxy groups -OCH3 is 1. The highest BCUT2D eigenvalue weighted by atomic mass is 35.5. The van der Waals surface area contributed by atoms with Crippen LogP contribution >= 0.6 is 23.4 Å². The van der Waals surface area contributed by atoms with E-state index in [0.29, 0.717) is 16.3 Å². The number of carbonyl (C=O) groups excluding carboxylic acids is 1. The zero-order valence-corrected chi connectivity index (χ0v) is 8.91. The number of ether oxygens (including phenoxy) is 1. The van der Waals surface area contributed by atoms with Crippen LogP contribution in [0.5, 0.6) is 5.75 Å². The Morgan fingerprint density at radius 2 is 2.23 bits per heavy atom. The van der Waals surface area contributed by atoms with Gasteiger partial charge in [-0.25, -0.2) is 0 Å². The van der Waals surface area contributed by atoms with Crippen LogP contribution in [-0.4, -0.2) is 19.7 Å². The van der Waals surface area contributed by atoms with E-state index in [1.165, 1.54) is 18.9 Å². The van der Waals surface area contributed by atoms with E-state index in [1.807, 2.05) is 6.26 Å². The van der Waals surface area contributed by atoms with E-state index in [9.17, 15) is 4.79 Å². The molecule has 0 spiro atoms. The van der Waals surface area contributed by atoms with Crippen molar-refractivity contribution in [2.45, 2.75) is 4.90 Å². The predicted molar refractivity (Wildman–Crippen MR) is 55.2 cm³/mol. The van der Waals surface area contributed by atoms with E-state index in [0.717, 1.165) is 11.2 Å². The summed E-state index contributed by atoms with van der Waals surface area (Å²) in [6.07, 6.45) is 2.65. The largest absolute Gasteiger partial charge is 0.495 e. The summed E-state index contributed by atoms with van der Waals surface area (Å²) in [5, 5.41) is 0.548. The van der Waals surface area contributed by atoms with Gasteiger partial charge in [-0.2, -0.15) is 0 Å². The summed E-state index contributed by atoms with van der Waals surface area (Å²) >= 11 is 7.30. The van der Waals surface area contributed by atoms with Gasteiger partial charge in [0.2, 0.25) is 0 Å². The molecule has 1 aromatic carbocycles. The van der Waals surface area contributed by atoms with Crippen LogP contribution in [0.25, 0.3) is 0 Å². The third-order valence-electron chi connectivity index (χ3n) is 1.60. The van der Waals surface area contributed by atoms with Crippen molar-refractivity contribution in [1.82, 2.24) is 0 Å². The molecule has 13 heavy (non-hydrogen) atoms. The highest BCUT2D eigenvalue weighted by molar-refractivity contribution is 7.98. The van der Waals surface area contributed by atoms with E-state index < -0.39 is 0 Å². The molecule has 0 N–H and O–H groups in total. The summed E-state index contributed by atoms with van der Waals surface area (Å²) < 4.78 is 5.10. The van der Waals surface area contributed by atoms with Gasteiger partial charge >= 0.3 is 0 Å². The van der Waals surface area contributed by atoms with Gasteiger partial charge in [0.25, 0.3) is 0 Å². The Morgan fingerprint density at radius 1 is 1.54 bits per heavy atom. The second-order valence-corrected chi connectivity index (χ2v) is 3.63. The minimum absolute atomic E-state index is 0.486. The Kier molecular flexibility index (Phi) is 3.63. The van der Waals surface area contributed by atoms with Crippen molar-refractivity contribution in [1.29, 1.82) is 0 Å². The first kappa shape index (κ1) is 10.4. The number of aldehydes is 1. The fourth-order valence-corrected chi connectivity index (χ4v) is 1.97. The minimum atomic E-state index is 0.486. The summed E-state index contributed by atoms with van der Waals surface area (Å²) in [7, 11) is 1.54. The molecule has 0 aliphatic carbocycles. The van der Waals surface area contributed by atoms with Gasteiger partial charge in [-0.1, -0.05) is 11.6 Å². The van der Waals surface area contributed by atoms with Gasteiger partial charge in [-0.3, -0.25) is 4.79 Å². The number of rotatable bonds is 3. The van der Waals surface area contributed by atoms with Crippen molar-refractivity contribution in [3.05, 3.63) is 22.7 Å². The van der Waals surface area contributed by atoms with Crippen LogP contribution in [0.2, 0.25) is 5.02 Å². The van der Waals surface area contributed by atoms with Crippen molar-refractivity contribution in [2.75, 3.05) is 13.4 Å². The number of carbonyl (C=O) groups is 1. The van der Waals surface area contributed by atoms with Crippen LogP contribution in [0, 0.1) is 0 Å². The lowest BCUT2D eigenvalue weighted by molar-refractivity contribution is 0.112. The molecule has 0 saturated heterocycles. The van der Waals surface area contributed by atoms with Gasteiger partial charge in [0.15, 0.2) is 6.29 Å². The summed E-state index contributed by atoms with van der Waals surface area (Å²) in [6.45, 7) is 0. The summed E-state index contributed by atoms with van der Waals surface area (Å²) in [6, 6.07) is 3.37. The number of halogens is 1. The molecule has 0 radical (unpaired) electrons. The molecule has 0 fully saturated rings. The van der Waals surface area contributed by atoms with Crippen LogP contribution in [0.4, 0.5) is 0 Å². The molecule has 0 heterocycles. The average Bonchev–Trinajstić information content (AvgIpc) is 2.16. The molecule has 0 unspecified atom stereocenters. The Balaban J connectivity index is 3.33. The summed E-state index contributed by atoms with van der Waals surface area (Å²) in [5.41, 5.74) is 0.486. The first-order valence-corrected chi connectivity index (χ1v) is 5.20. The maximum absolute atomic E-state index is 10.7. The van der Waals surface area contributed by atoms with E-state index in [-0.39, 0.29) is 0 Å². The Hall–Kier alpha value is -0.670. The molecule has 0 aliphatic heterocycles. The molecule has 2 nitrogen and oxygen atoms in total. The Morgan fingerprint density at radius 3 is 2.69 bits per heavy atom. The standard InChI is InChI=1S/C9H9ClO2S/c1-12-9-6(5-11)3-7(10)4-8(9)13-2/h3-5H,1-2H3. The van der Waals surface area contributed by atoms with Gasteiger partial charge in [-0.15, -0.1) is 11.8 Å².